The Morgan fingerprint density at radius 1 is 0.739 bits per heavy atom. The number of benzene rings is 3. The Hall–Kier alpha value is -2.38. The van der Waals surface area contributed by atoms with Crippen molar-refractivity contribution in [1.82, 2.24) is 5.32 Å². The summed E-state index contributed by atoms with van der Waals surface area (Å²) in [5.74, 6) is 0. The molecule has 1 aliphatic carbocycles. The fraction of sp³-hybridized carbons (Fsp3) is 0.182. The lowest BCUT2D eigenvalue weighted by molar-refractivity contribution is 0.684. The third kappa shape index (κ3) is 2.93. The molecule has 4 rings (SSSR count). The maximum absolute atomic E-state index is 3.61. The van der Waals surface area contributed by atoms with Crippen molar-refractivity contribution in [2.45, 2.75) is 19.4 Å². The number of nitrogens with one attached hydrogen (secondary N) is 1. The summed E-state index contributed by atoms with van der Waals surface area (Å²) in [4.78, 5) is 0. The average Bonchev–Trinajstić information content (AvgIpc) is 2.99. The van der Waals surface area contributed by atoms with Gasteiger partial charge in [0.25, 0.3) is 0 Å². The largest absolute Gasteiger partial charge is 0.312 e. The highest BCUT2D eigenvalue weighted by Gasteiger charge is 2.19. The second-order valence-corrected chi connectivity index (χ2v) is 6.19. The van der Waals surface area contributed by atoms with Gasteiger partial charge < -0.3 is 5.32 Å². The first kappa shape index (κ1) is 14.2. The molecule has 1 nitrogen and oxygen atoms in total. The summed E-state index contributed by atoms with van der Waals surface area (Å²) in [6.07, 6.45) is 2.15. The van der Waals surface area contributed by atoms with Gasteiger partial charge in [-0.2, -0.15) is 0 Å². The number of hydrogen-bond acceptors (Lipinski definition) is 1. The molecule has 114 valence electrons. The number of hydrogen-bond donors (Lipinski definition) is 1. The zero-order chi connectivity index (χ0) is 15.5. The summed E-state index contributed by atoms with van der Waals surface area (Å²) in [5, 5.41) is 3.61. The van der Waals surface area contributed by atoms with E-state index in [4.69, 9.17) is 0 Å². The van der Waals surface area contributed by atoms with Crippen LogP contribution in [0.3, 0.4) is 0 Å². The van der Waals surface area contributed by atoms with E-state index in [0.29, 0.717) is 0 Å². The third-order valence-electron chi connectivity index (χ3n) is 4.70. The van der Waals surface area contributed by atoms with Crippen molar-refractivity contribution in [3.05, 3.63) is 95.1 Å². The van der Waals surface area contributed by atoms with E-state index in [9.17, 15) is 0 Å². The van der Waals surface area contributed by atoms with E-state index >= 15 is 0 Å². The van der Waals surface area contributed by atoms with Gasteiger partial charge in [0.1, 0.15) is 0 Å². The standard InChI is InChI=1S/C22H21N/c1-2-7-17(8-3-1)13-14-23-16-19-10-6-12-21-20-11-5-4-9-18(20)15-22(19)21/h1-12,23H,13-16H2. The van der Waals surface area contributed by atoms with Gasteiger partial charge in [0.15, 0.2) is 0 Å². The summed E-state index contributed by atoms with van der Waals surface area (Å²) >= 11 is 0. The van der Waals surface area contributed by atoms with Gasteiger partial charge in [-0.15, -0.1) is 0 Å². The number of fused-ring (bicyclic) bond motifs is 3. The summed E-state index contributed by atoms with van der Waals surface area (Å²) < 4.78 is 0. The van der Waals surface area contributed by atoms with Crippen molar-refractivity contribution in [1.29, 1.82) is 0 Å². The van der Waals surface area contributed by atoms with Crippen LogP contribution in [0.2, 0.25) is 0 Å². The van der Waals surface area contributed by atoms with E-state index < -0.39 is 0 Å². The summed E-state index contributed by atoms with van der Waals surface area (Å²) in [7, 11) is 0. The first-order valence-electron chi connectivity index (χ1n) is 8.35. The van der Waals surface area contributed by atoms with Crippen LogP contribution in [-0.2, 0) is 19.4 Å². The van der Waals surface area contributed by atoms with Crippen LogP contribution in [0.15, 0.2) is 72.8 Å². The lowest BCUT2D eigenvalue weighted by Gasteiger charge is -2.10. The van der Waals surface area contributed by atoms with Crippen LogP contribution in [0.25, 0.3) is 11.1 Å². The maximum Gasteiger partial charge on any atom is 0.0208 e. The highest BCUT2D eigenvalue weighted by atomic mass is 14.8. The minimum Gasteiger partial charge on any atom is -0.312 e. The quantitative estimate of drug-likeness (QED) is 0.531. The third-order valence-corrected chi connectivity index (χ3v) is 4.70. The molecule has 0 bridgehead atoms. The van der Waals surface area contributed by atoms with Crippen molar-refractivity contribution in [2.75, 3.05) is 6.54 Å². The Bertz CT molecular complexity index is 805. The van der Waals surface area contributed by atoms with E-state index in [1.165, 1.54) is 33.4 Å². The van der Waals surface area contributed by atoms with Gasteiger partial charge in [0.2, 0.25) is 0 Å². The minimum absolute atomic E-state index is 0.948. The molecule has 0 radical (unpaired) electrons. The molecule has 1 aliphatic rings. The lowest BCUT2D eigenvalue weighted by atomic mass is 10.0. The van der Waals surface area contributed by atoms with Crippen molar-refractivity contribution >= 4 is 0 Å². The Labute approximate surface area is 138 Å². The Morgan fingerprint density at radius 2 is 1.52 bits per heavy atom. The molecule has 3 aromatic carbocycles. The molecule has 0 aliphatic heterocycles. The van der Waals surface area contributed by atoms with Gasteiger partial charge in [-0.3, -0.25) is 0 Å². The molecule has 0 atom stereocenters. The zero-order valence-corrected chi connectivity index (χ0v) is 13.3. The van der Waals surface area contributed by atoms with E-state index in [1.807, 2.05) is 0 Å². The van der Waals surface area contributed by atoms with Crippen molar-refractivity contribution < 1.29 is 0 Å². The van der Waals surface area contributed by atoms with E-state index in [-0.39, 0.29) is 0 Å². The monoisotopic (exact) mass is 299 g/mol. The summed E-state index contributed by atoms with van der Waals surface area (Å²) in [6.45, 7) is 1.96. The van der Waals surface area contributed by atoms with Gasteiger partial charge in [-0.25, -0.2) is 0 Å². The molecule has 0 spiro atoms. The van der Waals surface area contributed by atoms with Crippen LogP contribution in [0.1, 0.15) is 22.3 Å². The number of rotatable bonds is 5. The molecule has 0 saturated heterocycles. The minimum atomic E-state index is 0.948. The van der Waals surface area contributed by atoms with Gasteiger partial charge in [0.05, 0.1) is 0 Å². The smallest absolute Gasteiger partial charge is 0.0208 e. The second-order valence-electron chi connectivity index (χ2n) is 6.19. The zero-order valence-electron chi connectivity index (χ0n) is 13.3. The fourth-order valence-electron chi connectivity index (χ4n) is 3.49. The molecule has 0 amide bonds. The molecule has 0 unspecified atom stereocenters. The molecule has 0 aromatic heterocycles. The second kappa shape index (κ2) is 6.39. The highest BCUT2D eigenvalue weighted by molar-refractivity contribution is 5.77. The topological polar surface area (TPSA) is 12.0 Å². The van der Waals surface area contributed by atoms with E-state index in [1.54, 1.807) is 0 Å². The molecule has 0 heterocycles. The summed E-state index contributed by atoms with van der Waals surface area (Å²) in [5.41, 5.74) is 8.62. The normalized spacial score (nSPS) is 12.0. The first-order chi connectivity index (χ1) is 11.4. The van der Waals surface area contributed by atoms with Crippen molar-refractivity contribution in [3.8, 4) is 11.1 Å². The Morgan fingerprint density at radius 3 is 2.43 bits per heavy atom. The van der Waals surface area contributed by atoms with Crippen LogP contribution in [0.4, 0.5) is 0 Å². The Kier molecular flexibility index (Phi) is 3.95. The Balaban J connectivity index is 1.43. The molecule has 1 heteroatoms. The fourth-order valence-corrected chi connectivity index (χ4v) is 3.49. The molecule has 1 N–H and O–H groups in total. The van der Waals surface area contributed by atoms with Crippen LogP contribution in [-0.4, -0.2) is 6.54 Å². The van der Waals surface area contributed by atoms with Crippen LogP contribution in [0, 0.1) is 0 Å². The highest BCUT2D eigenvalue weighted by Crippen LogP contribution is 2.37. The predicted molar refractivity (Wildman–Crippen MR) is 96.5 cm³/mol. The van der Waals surface area contributed by atoms with Crippen molar-refractivity contribution in [3.63, 3.8) is 0 Å². The van der Waals surface area contributed by atoms with Crippen LogP contribution < -0.4 is 5.32 Å². The molecule has 0 fully saturated rings. The van der Waals surface area contributed by atoms with Gasteiger partial charge in [0, 0.05) is 6.54 Å². The SMILES string of the molecule is c1ccc(CCNCc2cccc3c2Cc2ccccc2-3)cc1. The van der Waals surface area contributed by atoms with E-state index in [2.05, 4.69) is 78.1 Å². The first-order valence-corrected chi connectivity index (χ1v) is 8.35. The van der Waals surface area contributed by atoms with E-state index in [0.717, 1.165) is 25.9 Å². The predicted octanol–water partition coefficient (Wildman–Crippen LogP) is 4.59. The molecular formula is C22H21N. The van der Waals surface area contributed by atoms with Crippen molar-refractivity contribution in [2.24, 2.45) is 0 Å². The van der Waals surface area contributed by atoms with Gasteiger partial charge in [-0.05, 0) is 52.8 Å². The molecule has 23 heavy (non-hydrogen) atoms. The van der Waals surface area contributed by atoms with Gasteiger partial charge >= 0.3 is 0 Å². The molecular weight excluding hydrogens is 278 g/mol. The molecule has 3 aromatic rings. The van der Waals surface area contributed by atoms with Crippen LogP contribution >= 0.6 is 0 Å². The van der Waals surface area contributed by atoms with Gasteiger partial charge in [-0.1, -0.05) is 72.8 Å². The lowest BCUT2D eigenvalue weighted by Crippen LogP contribution is -2.17. The summed E-state index contributed by atoms with van der Waals surface area (Å²) in [6, 6.07) is 26.2. The maximum atomic E-state index is 3.61. The molecule has 0 saturated carbocycles. The average molecular weight is 299 g/mol. The van der Waals surface area contributed by atoms with Crippen LogP contribution in [0.5, 0.6) is 0 Å².